The van der Waals surface area contributed by atoms with Crippen LogP contribution < -0.4 is 19.5 Å². The lowest BCUT2D eigenvalue weighted by Gasteiger charge is -2.23. The first kappa shape index (κ1) is 24.5. The normalized spacial score (nSPS) is 19.7. The molecule has 0 aromatic heterocycles. The maximum atomic E-state index is 13.4. The summed E-state index contributed by atoms with van der Waals surface area (Å²) in [6, 6.07) is 9.55. The van der Waals surface area contributed by atoms with Crippen LogP contribution in [0.15, 0.2) is 30.3 Å². The van der Waals surface area contributed by atoms with Crippen molar-refractivity contribution in [2.45, 2.75) is 13.3 Å². The van der Waals surface area contributed by atoms with Gasteiger partial charge < -0.3 is 29.3 Å². The lowest BCUT2D eigenvalue weighted by atomic mass is 10.0. The van der Waals surface area contributed by atoms with E-state index in [2.05, 4.69) is 16.3 Å². The Morgan fingerprint density at radius 2 is 1.65 bits per heavy atom. The molecule has 0 aliphatic carbocycles. The second kappa shape index (κ2) is 10.7. The van der Waals surface area contributed by atoms with Gasteiger partial charge in [0.15, 0.2) is 0 Å². The minimum atomic E-state index is -0.0433. The predicted molar refractivity (Wildman–Crippen MR) is 135 cm³/mol. The standard InChI is InChI=1S/C26H34ClN3O4/c1-17-6-7-20(10-22(17)27)28-8-5-9-29-13-18-15-30(16-19(18)14-29)26(31)25-23(33-3)11-21(32-2)12-24(25)34-4/h6-7,10-12,18-19,28H,5,8-9,13-16H2,1-4H3. The number of rotatable bonds is 9. The molecule has 0 bridgehead atoms. The Balaban J connectivity index is 1.28. The SMILES string of the molecule is COc1cc(OC)c(C(=O)N2CC3CN(CCCNc4ccc(C)c(Cl)c4)CC3C2)c(OC)c1. The summed E-state index contributed by atoms with van der Waals surface area (Å²) in [6.07, 6.45) is 1.06. The third kappa shape index (κ3) is 5.20. The second-order valence-electron chi connectivity index (χ2n) is 9.14. The Bertz CT molecular complexity index is 992. The topological polar surface area (TPSA) is 63.3 Å². The fraction of sp³-hybridized carbons (Fsp3) is 0.500. The van der Waals surface area contributed by atoms with E-state index in [1.54, 1.807) is 33.5 Å². The molecular formula is C26H34ClN3O4. The van der Waals surface area contributed by atoms with Gasteiger partial charge in [-0.3, -0.25) is 4.79 Å². The zero-order valence-electron chi connectivity index (χ0n) is 20.4. The number of carbonyl (C=O) groups is 1. The van der Waals surface area contributed by atoms with Crippen molar-refractivity contribution in [3.8, 4) is 17.2 Å². The molecule has 2 aromatic carbocycles. The molecule has 184 valence electrons. The molecule has 0 radical (unpaired) electrons. The van der Waals surface area contributed by atoms with Gasteiger partial charge in [0.2, 0.25) is 0 Å². The Hall–Kier alpha value is -2.64. The van der Waals surface area contributed by atoms with Crippen molar-refractivity contribution in [2.75, 3.05) is 65.9 Å². The Morgan fingerprint density at radius 3 is 2.21 bits per heavy atom. The average Bonchev–Trinajstić information content (AvgIpc) is 3.41. The maximum Gasteiger partial charge on any atom is 0.261 e. The zero-order chi connectivity index (χ0) is 24.2. The number of carbonyl (C=O) groups excluding carboxylic acids is 1. The van der Waals surface area contributed by atoms with Gasteiger partial charge in [-0.25, -0.2) is 0 Å². The largest absolute Gasteiger partial charge is 0.496 e. The number of amides is 1. The number of nitrogens with one attached hydrogen (secondary N) is 1. The molecule has 2 saturated heterocycles. The highest BCUT2D eigenvalue weighted by Crippen LogP contribution is 2.38. The van der Waals surface area contributed by atoms with Gasteiger partial charge in [0.05, 0.1) is 21.3 Å². The second-order valence-corrected chi connectivity index (χ2v) is 9.55. The Labute approximate surface area is 206 Å². The lowest BCUT2D eigenvalue weighted by molar-refractivity contribution is 0.0767. The first-order valence-corrected chi connectivity index (χ1v) is 12.1. The fourth-order valence-corrected chi connectivity index (χ4v) is 5.23. The molecule has 2 aromatic rings. The van der Waals surface area contributed by atoms with Crippen LogP contribution in [0.1, 0.15) is 22.3 Å². The number of methoxy groups -OCH3 is 3. The van der Waals surface area contributed by atoms with Gasteiger partial charge in [0.1, 0.15) is 22.8 Å². The number of likely N-dealkylation sites (tertiary alicyclic amines) is 2. The van der Waals surface area contributed by atoms with Crippen LogP contribution in [0, 0.1) is 18.8 Å². The molecule has 2 unspecified atom stereocenters. The van der Waals surface area contributed by atoms with E-state index in [0.717, 1.165) is 62.0 Å². The summed E-state index contributed by atoms with van der Waals surface area (Å²) in [4.78, 5) is 17.9. The molecule has 0 spiro atoms. The number of nitrogens with zero attached hydrogens (tertiary/aromatic N) is 2. The van der Waals surface area contributed by atoms with Crippen molar-refractivity contribution in [3.05, 3.63) is 46.5 Å². The smallest absolute Gasteiger partial charge is 0.261 e. The summed E-state index contributed by atoms with van der Waals surface area (Å²) >= 11 is 6.21. The number of anilines is 1. The number of fused-ring (bicyclic) bond motifs is 1. The van der Waals surface area contributed by atoms with Gasteiger partial charge in [-0.05, 0) is 49.4 Å². The summed E-state index contributed by atoms with van der Waals surface area (Å²) in [5, 5.41) is 4.25. The van der Waals surface area contributed by atoms with E-state index in [1.165, 1.54) is 0 Å². The molecule has 2 aliphatic rings. The summed E-state index contributed by atoms with van der Waals surface area (Å²) in [5.41, 5.74) is 2.62. The van der Waals surface area contributed by atoms with Crippen molar-refractivity contribution in [1.82, 2.24) is 9.80 Å². The van der Waals surface area contributed by atoms with E-state index in [4.69, 9.17) is 25.8 Å². The molecule has 1 amide bonds. The van der Waals surface area contributed by atoms with Gasteiger partial charge in [-0.15, -0.1) is 0 Å². The van der Waals surface area contributed by atoms with Crippen LogP contribution >= 0.6 is 11.6 Å². The van der Waals surface area contributed by atoms with E-state index >= 15 is 0 Å². The predicted octanol–water partition coefficient (Wildman–Crippen LogP) is 4.18. The highest BCUT2D eigenvalue weighted by atomic mass is 35.5. The van der Waals surface area contributed by atoms with Crippen LogP contribution in [-0.4, -0.2) is 76.3 Å². The number of halogens is 1. The Kier molecular flexibility index (Phi) is 7.73. The molecule has 2 atom stereocenters. The molecule has 4 rings (SSSR count). The summed E-state index contributed by atoms with van der Waals surface area (Å²) in [7, 11) is 4.70. The van der Waals surface area contributed by atoms with Gasteiger partial charge in [-0.2, -0.15) is 0 Å². The van der Waals surface area contributed by atoms with Crippen molar-refractivity contribution in [2.24, 2.45) is 11.8 Å². The van der Waals surface area contributed by atoms with E-state index in [9.17, 15) is 4.79 Å². The highest BCUT2D eigenvalue weighted by Gasteiger charge is 2.42. The third-order valence-electron chi connectivity index (χ3n) is 6.93. The van der Waals surface area contributed by atoms with E-state index in [0.29, 0.717) is 34.6 Å². The Morgan fingerprint density at radius 1 is 1.00 bits per heavy atom. The molecule has 1 N–H and O–H groups in total. The van der Waals surface area contributed by atoms with Crippen molar-refractivity contribution in [3.63, 3.8) is 0 Å². The molecule has 2 aliphatic heterocycles. The van der Waals surface area contributed by atoms with Gasteiger partial charge >= 0.3 is 0 Å². The van der Waals surface area contributed by atoms with Gasteiger partial charge in [-0.1, -0.05) is 17.7 Å². The number of hydrogen-bond acceptors (Lipinski definition) is 6. The lowest BCUT2D eigenvalue weighted by Crippen LogP contribution is -2.34. The van der Waals surface area contributed by atoms with Crippen LogP contribution in [0.4, 0.5) is 5.69 Å². The molecule has 2 heterocycles. The van der Waals surface area contributed by atoms with Gasteiger partial charge in [0.25, 0.3) is 5.91 Å². The molecule has 0 saturated carbocycles. The number of aryl methyl sites for hydroxylation is 1. The van der Waals surface area contributed by atoms with Crippen molar-refractivity contribution in [1.29, 1.82) is 0 Å². The maximum absolute atomic E-state index is 13.4. The van der Waals surface area contributed by atoms with Gasteiger partial charge in [0, 0.05) is 55.6 Å². The van der Waals surface area contributed by atoms with Crippen LogP contribution in [0.2, 0.25) is 5.02 Å². The minimum absolute atomic E-state index is 0.0433. The van der Waals surface area contributed by atoms with Crippen molar-refractivity contribution < 1.29 is 19.0 Å². The molecule has 7 nitrogen and oxygen atoms in total. The first-order valence-electron chi connectivity index (χ1n) is 11.7. The zero-order valence-corrected chi connectivity index (χ0v) is 21.2. The molecular weight excluding hydrogens is 454 g/mol. The highest BCUT2D eigenvalue weighted by molar-refractivity contribution is 6.31. The number of benzene rings is 2. The van der Waals surface area contributed by atoms with E-state index in [1.807, 2.05) is 24.0 Å². The average molecular weight is 488 g/mol. The number of ether oxygens (including phenoxy) is 3. The van der Waals surface area contributed by atoms with Crippen LogP contribution in [-0.2, 0) is 0 Å². The van der Waals surface area contributed by atoms with Crippen LogP contribution in [0.5, 0.6) is 17.2 Å². The van der Waals surface area contributed by atoms with E-state index < -0.39 is 0 Å². The molecule has 8 heteroatoms. The summed E-state index contributed by atoms with van der Waals surface area (Å²) in [5.74, 6) is 2.51. The summed E-state index contributed by atoms with van der Waals surface area (Å²) in [6.45, 7) is 7.55. The molecule has 34 heavy (non-hydrogen) atoms. The molecule has 2 fully saturated rings. The summed E-state index contributed by atoms with van der Waals surface area (Å²) < 4.78 is 16.3. The van der Waals surface area contributed by atoms with Crippen LogP contribution in [0.25, 0.3) is 0 Å². The van der Waals surface area contributed by atoms with E-state index in [-0.39, 0.29) is 5.91 Å². The van der Waals surface area contributed by atoms with Crippen LogP contribution in [0.3, 0.4) is 0 Å². The number of hydrogen-bond donors (Lipinski definition) is 1. The van der Waals surface area contributed by atoms with Crippen molar-refractivity contribution >= 4 is 23.2 Å². The first-order chi connectivity index (χ1) is 16.4. The third-order valence-corrected chi connectivity index (χ3v) is 7.34. The monoisotopic (exact) mass is 487 g/mol. The quantitative estimate of drug-likeness (QED) is 0.535. The minimum Gasteiger partial charge on any atom is -0.496 e. The fourth-order valence-electron chi connectivity index (χ4n) is 5.05.